The van der Waals surface area contributed by atoms with Gasteiger partial charge in [-0.05, 0) is 43.7 Å². The summed E-state index contributed by atoms with van der Waals surface area (Å²) in [6.45, 7) is 3.50. The molecule has 1 amide bonds. The van der Waals surface area contributed by atoms with E-state index in [0.29, 0.717) is 17.2 Å². The Labute approximate surface area is 129 Å². The summed E-state index contributed by atoms with van der Waals surface area (Å²) in [6.07, 6.45) is -0.715. The van der Waals surface area contributed by atoms with Crippen LogP contribution in [0.3, 0.4) is 0 Å². The van der Waals surface area contributed by atoms with Crippen LogP contribution in [0.25, 0.3) is 0 Å². The van der Waals surface area contributed by atoms with Gasteiger partial charge in [0.1, 0.15) is 17.2 Å². The Balaban J connectivity index is 2.02. The van der Waals surface area contributed by atoms with Crippen LogP contribution in [0.2, 0.25) is 0 Å². The Kier molecular flexibility index (Phi) is 4.88. The SMILES string of the molecule is COc1cccc(OC(C)C(=O)Nc2ccc(C)cc2O)c1. The smallest absolute Gasteiger partial charge is 0.265 e. The summed E-state index contributed by atoms with van der Waals surface area (Å²) in [6, 6.07) is 12.1. The number of rotatable bonds is 5. The minimum absolute atomic E-state index is 0.0296. The number of anilines is 1. The van der Waals surface area contributed by atoms with E-state index in [2.05, 4.69) is 5.32 Å². The average Bonchev–Trinajstić information content (AvgIpc) is 2.50. The molecule has 0 aliphatic rings. The first kappa shape index (κ1) is 15.7. The van der Waals surface area contributed by atoms with Gasteiger partial charge in [-0.25, -0.2) is 0 Å². The van der Waals surface area contributed by atoms with Crippen molar-refractivity contribution in [2.75, 3.05) is 12.4 Å². The van der Waals surface area contributed by atoms with Gasteiger partial charge in [-0.1, -0.05) is 12.1 Å². The van der Waals surface area contributed by atoms with Crippen LogP contribution in [-0.2, 0) is 4.79 Å². The molecule has 0 spiro atoms. The number of hydrogen-bond donors (Lipinski definition) is 2. The van der Waals surface area contributed by atoms with Crippen molar-refractivity contribution in [1.82, 2.24) is 0 Å². The minimum Gasteiger partial charge on any atom is -0.506 e. The molecule has 1 atom stereocenters. The zero-order chi connectivity index (χ0) is 16.1. The highest BCUT2D eigenvalue weighted by atomic mass is 16.5. The molecule has 2 aromatic carbocycles. The number of carbonyl (C=O) groups is 1. The van der Waals surface area contributed by atoms with Gasteiger partial charge in [0.2, 0.25) is 0 Å². The molecule has 0 bridgehead atoms. The summed E-state index contributed by atoms with van der Waals surface area (Å²) in [5.41, 5.74) is 1.27. The van der Waals surface area contributed by atoms with E-state index in [4.69, 9.17) is 9.47 Å². The van der Waals surface area contributed by atoms with Crippen molar-refractivity contribution >= 4 is 11.6 Å². The molecule has 5 nitrogen and oxygen atoms in total. The van der Waals surface area contributed by atoms with Crippen LogP contribution >= 0.6 is 0 Å². The van der Waals surface area contributed by atoms with Crippen molar-refractivity contribution in [2.45, 2.75) is 20.0 Å². The maximum absolute atomic E-state index is 12.1. The van der Waals surface area contributed by atoms with Crippen molar-refractivity contribution in [1.29, 1.82) is 0 Å². The van der Waals surface area contributed by atoms with Crippen molar-refractivity contribution in [2.24, 2.45) is 0 Å². The van der Waals surface area contributed by atoms with Crippen LogP contribution in [0.1, 0.15) is 12.5 Å². The van der Waals surface area contributed by atoms with Gasteiger partial charge in [0.15, 0.2) is 6.10 Å². The average molecular weight is 301 g/mol. The predicted octanol–water partition coefficient (Wildman–Crippen LogP) is 3.12. The lowest BCUT2D eigenvalue weighted by atomic mass is 10.2. The lowest BCUT2D eigenvalue weighted by molar-refractivity contribution is -0.122. The van der Waals surface area contributed by atoms with E-state index in [1.54, 1.807) is 50.4 Å². The van der Waals surface area contributed by atoms with Gasteiger partial charge in [0.25, 0.3) is 5.91 Å². The molecule has 0 heterocycles. The fraction of sp³-hybridized carbons (Fsp3) is 0.235. The third-order valence-electron chi connectivity index (χ3n) is 3.13. The minimum atomic E-state index is -0.715. The summed E-state index contributed by atoms with van der Waals surface area (Å²) in [5, 5.41) is 12.4. The van der Waals surface area contributed by atoms with E-state index in [-0.39, 0.29) is 11.7 Å². The molecule has 2 aromatic rings. The zero-order valence-corrected chi connectivity index (χ0v) is 12.8. The van der Waals surface area contributed by atoms with E-state index in [9.17, 15) is 9.90 Å². The topological polar surface area (TPSA) is 67.8 Å². The Morgan fingerprint density at radius 3 is 2.59 bits per heavy atom. The van der Waals surface area contributed by atoms with Crippen LogP contribution in [0, 0.1) is 6.92 Å². The van der Waals surface area contributed by atoms with Gasteiger partial charge in [0, 0.05) is 6.07 Å². The number of hydrogen-bond acceptors (Lipinski definition) is 4. The van der Waals surface area contributed by atoms with Gasteiger partial charge >= 0.3 is 0 Å². The van der Waals surface area contributed by atoms with Crippen molar-refractivity contribution in [3.63, 3.8) is 0 Å². The van der Waals surface area contributed by atoms with Gasteiger partial charge in [-0.3, -0.25) is 4.79 Å². The number of nitrogens with one attached hydrogen (secondary N) is 1. The van der Waals surface area contributed by atoms with Gasteiger partial charge in [-0.2, -0.15) is 0 Å². The van der Waals surface area contributed by atoms with Gasteiger partial charge in [-0.15, -0.1) is 0 Å². The number of aromatic hydroxyl groups is 1. The van der Waals surface area contributed by atoms with Crippen LogP contribution in [0.5, 0.6) is 17.2 Å². The third-order valence-corrected chi connectivity index (χ3v) is 3.13. The van der Waals surface area contributed by atoms with Crippen molar-refractivity contribution in [3.05, 3.63) is 48.0 Å². The fourth-order valence-electron chi connectivity index (χ4n) is 1.91. The largest absolute Gasteiger partial charge is 0.506 e. The number of methoxy groups -OCH3 is 1. The predicted molar refractivity (Wildman–Crippen MR) is 84.6 cm³/mol. The van der Waals surface area contributed by atoms with E-state index >= 15 is 0 Å². The fourth-order valence-corrected chi connectivity index (χ4v) is 1.91. The summed E-state index contributed by atoms with van der Waals surface area (Å²) in [4.78, 5) is 12.1. The summed E-state index contributed by atoms with van der Waals surface area (Å²) < 4.78 is 10.7. The Bertz CT molecular complexity index is 669. The van der Waals surface area contributed by atoms with E-state index < -0.39 is 6.10 Å². The van der Waals surface area contributed by atoms with Gasteiger partial charge in [0.05, 0.1) is 12.8 Å². The summed E-state index contributed by atoms with van der Waals surface area (Å²) in [5.74, 6) is 0.875. The molecule has 22 heavy (non-hydrogen) atoms. The first-order valence-electron chi connectivity index (χ1n) is 6.91. The van der Waals surface area contributed by atoms with Crippen LogP contribution in [-0.4, -0.2) is 24.2 Å². The standard InChI is InChI=1S/C17H19NO4/c1-11-7-8-15(16(19)9-11)18-17(20)12(2)22-14-6-4-5-13(10-14)21-3/h4-10,12,19H,1-3H3,(H,18,20). The highest BCUT2D eigenvalue weighted by molar-refractivity contribution is 5.95. The molecule has 116 valence electrons. The number of benzene rings is 2. The highest BCUT2D eigenvalue weighted by Gasteiger charge is 2.16. The molecular weight excluding hydrogens is 282 g/mol. The molecule has 0 fully saturated rings. The van der Waals surface area contributed by atoms with Gasteiger partial charge < -0.3 is 19.9 Å². The van der Waals surface area contributed by atoms with Crippen LogP contribution < -0.4 is 14.8 Å². The van der Waals surface area contributed by atoms with Crippen LogP contribution in [0.4, 0.5) is 5.69 Å². The molecule has 2 N–H and O–H groups in total. The van der Waals surface area contributed by atoms with Crippen molar-refractivity contribution in [3.8, 4) is 17.2 Å². The summed E-state index contributed by atoms with van der Waals surface area (Å²) >= 11 is 0. The maximum Gasteiger partial charge on any atom is 0.265 e. The van der Waals surface area contributed by atoms with E-state index in [0.717, 1.165) is 5.56 Å². The maximum atomic E-state index is 12.1. The molecule has 5 heteroatoms. The molecule has 0 aromatic heterocycles. The monoisotopic (exact) mass is 301 g/mol. The van der Waals surface area contributed by atoms with E-state index in [1.807, 2.05) is 13.0 Å². The van der Waals surface area contributed by atoms with Crippen molar-refractivity contribution < 1.29 is 19.4 Å². The zero-order valence-electron chi connectivity index (χ0n) is 12.8. The first-order chi connectivity index (χ1) is 10.5. The molecule has 2 rings (SSSR count). The number of aryl methyl sites for hydroxylation is 1. The molecular formula is C17H19NO4. The normalized spacial score (nSPS) is 11.6. The molecule has 0 radical (unpaired) electrons. The second-order valence-electron chi connectivity index (χ2n) is 4.95. The second kappa shape index (κ2) is 6.85. The highest BCUT2D eigenvalue weighted by Crippen LogP contribution is 2.25. The number of amides is 1. The number of carbonyl (C=O) groups excluding carboxylic acids is 1. The second-order valence-corrected chi connectivity index (χ2v) is 4.95. The lowest BCUT2D eigenvalue weighted by Crippen LogP contribution is -2.30. The number of phenolic OH excluding ortho intramolecular Hbond substituents is 1. The molecule has 0 saturated heterocycles. The first-order valence-corrected chi connectivity index (χ1v) is 6.91. The molecule has 1 unspecified atom stereocenters. The number of ether oxygens (including phenoxy) is 2. The Hall–Kier alpha value is -2.69. The summed E-state index contributed by atoms with van der Waals surface area (Å²) in [7, 11) is 1.56. The third kappa shape index (κ3) is 3.91. The molecule has 0 saturated carbocycles. The quantitative estimate of drug-likeness (QED) is 0.833. The van der Waals surface area contributed by atoms with Crippen LogP contribution in [0.15, 0.2) is 42.5 Å². The lowest BCUT2D eigenvalue weighted by Gasteiger charge is -2.16. The molecule has 0 aliphatic heterocycles. The Morgan fingerprint density at radius 2 is 1.91 bits per heavy atom. The Morgan fingerprint density at radius 1 is 1.18 bits per heavy atom. The van der Waals surface area contributed by atoms with E-state index in [1.165, 1.54) is 0 Å². The number of phenols is 1. The molecule has 0 aliphatic carbocycles.